The monoisotopic (exact) mass is 375 g/mol. The number of hydrogen-bond donors (Lipinski definition) is 2. The average Bonchev–Trinajstić information content (AvgIpc) is 2.55. The largest absolute Gasteiger partial charge is 0.439 e. The Morgan fingerprint density at radius 2 is 1.92 bits per heavy atom. The van der Waals surface area contributed by atoms with Crippen LogP contribution in [0.4, 0.5) is 38.1 Å². The summed E-state index contributed by atoms with van der Waals surface area (Å²) < 4.78 is 67.0. The van der Waals surface area contributed by atoms with Crippen molar-refractivity contribution >= 4 is 35.8 Å². The van der Waals surface area contributed by atoms with Crippen molar-refractivity contribution in [3.8, 4) is 0 Å². The smallest absolute Gasteiger partial charge is 0.422 e. The predicted octanol–water partition coefficient (Wildman–Crippen LogP) is 2.17. The van der Waals surface area contributed by atoms with E-state index in [1.54, 1.807) is 0 Å². The summed E-state index contributed by atoms with van der Waals surface area (Å²) in [6, 6.07) is -0.186. The lowest BCUT2D eigenvalue weighted by atomic mass is 10.2. The summed E-state index contributed by atoms with van der Waals surface area (Å²) in [6.45, 7) is -2.45. The first-order chi connectivity index (χ1) is 10.6. The van der Waals surface area contributed by atoms with Gasteiger partial charge in [-0.2, -0.15) is 13.2 Å². The quantitative estimate of drug-likeness (QED) is 0.737. The summed E-state index contributed by atoms with van der Waals surface area (Å²) >= 11 is 0. The Balaban J connectivity index is 0.00000288. The van der Waals surface area contributed by atoms with Crippen LogP contribution < -0.4 is 16.0 Å². The molecule has 3 N–H and O–H groups in total. The van der Waals surface area contributed by atoms with Gasteiger partial charge in [0.1, 0.15) is 6.04 Å². The van der Waals surface area contributed by atoms with Gasteiger partial charge in [0.15, 0.2) is 18.2 Å². The van der Waals surface area contributed by atoms with Gasteiger partial charge < -0.3 is 15.8 Å². The molecule has 0 radical (unpaired) electrons. The summed E-state index contributed by atoms with van der Waals surface area (Å²) in [5.74, 6) is -3.49. The van der Waals surface area contributed by atoms with Crippen molar-refractivity contribution in [1.29, 1.82) is 0 Å². The Morgan fingerprint density at radius 3 is 2.50 bits per heavy atom. The zero-order valence-electron chi connectivity index (χ0n) is 11.7. The number of fused-ring (bicyclic) bond motifs is 1. The maximum Gasteiger partial charge on any atom is 0.422 e. The molecule has 6 nitrogen and oxygen atoms in total. The molecule has 2 rings (SSSR count). The number of anilines is 2. The second-order valence-electron chi connectivity index (χ2n) is 4.66. The fourth-order valence-electron chi connectivity index (χ4n) is 1.86. The van der Waals surface area contributed by atoms with Gasteiger partial charge in [0, 0.05) is 12.1 Å². The predicted molar refractivity (Wildman–Crippen MR) is 75.0 cm³/mol. The number of nitrogens with zero attached hydrogens (tertiary/aromatic N) is 1. The van der Waals surface area contributed by atoms with Gasteiger partial charge in [-0.25, -0.2) is 13.6 Å². The van der Waals surface area contributed by atoms with Crippen molar-refractivity contribution in [3.63, 3.8) is 0 Å². The average molecular weight is 376 g/mol. The third kappa shape index (κ3) is 4.45. The highest BCUT2D eigenvalue weighted by Crippen LogP contribution is 2.31. The van der Waals surface area contributed by atoms with Crippen LogP contribution in [0.5, 0.6) is 0 Å². The zero-order valence-corrected chi connectivity index (χ0v) is 12.5. The summed E-state index contributed by atoms with van der Waals surface area (Å²) in [7, 11) is 0. The molecule has 0 unspecified atom stereocenters. The van der Waals surface area contributed by atoms with Crippen LogP contribution in [-0.2, 0) is 9.53 Å². The number of nitrogens with one attached hydrogen (secondary N) is 1. The van der Waals surface area contributed by atoms with E-state index in [0.29, 0.717) is 17.0 Å². The topological polar surface area (TPSA) is 84.7 Å². The Bertz CT molecular complexity index is 656. The maximum absolute atomic E-state index is 13.4. The van der Waals surface area contributed by atoms with Crippen LogP contribution in [-0.4, -0.2) is 37.4 Å². The zero-order chi connectivity index (χ0) is 17.4. The number of hydrogen-bond acceptors (Lipinski definition) is 4. The molecule has 0 spiro atoms. The Labute approximate surface area is 138 Å². The molecule has 1 aromatic carbocycles. The van der Waals surface area contributed by atoms with E-state index in [0.717, 1.165) is 0 Å². The molecule has 1 atom stereocenters. The highest BCUT2D eigenvalue weighted by Gasteiger charge is 2.34. The normalized spacial score (nSPS) is 17.3. The van der Waals surface area contributed by atoms with E-state index in [1.165, 1.54) is 0 Å². The lowest BCUT2D eigenvalue weighted by Crippen LogP contribution is -2.45. The van der Waals surface area contributed by atoms with Gasteiger partial charge in [-0.3, -0.25) is 9.69 Å². The van der Waals surface area contributed by atoms with Gasteiger partial charge in [0.05, 0.1) is 17.9 Å². The number of alkyl halides is 3. The molecule has 1 aliphatic heterocycles. The Kier molecular flexibility index (Phi) is 5.95. The van der Waals surface area contributed by atoms with Gasteiger partial charge in [0.2, 0.25) is 5.91 Å². The van der Waals surface area contributed by atoms with E-state index < -0.39 is 49.0 Å². The molecular weight excluding hydrogens is 365 g/mol. The molecule has 0 fully saturated rings. The van der Waals surface area contributed by atoms with Gasteiger partial charge in [-0.15, -0.1) is 12.4 Å². The summed E-state index contributed by atoms with van der Waals surface area (Å²) in [4.78, 5) is 24.0. The minimum Gasteiger partial charge on any atom is -0.439 e. The lowest BCUT2D eigenvalue weighted by molar-refractivity contribution is -0.159. The van der Waals surface area contributed by atoms with Crippen LogP contribution in [0, 0.1) is 11.6 Å². The number of nitrogens with two attached hydrogens (primary N) is 1. The van der Waals surface area contributed by atoms with Crippen molar-refractivity contribution in [3.05, 3.63) is 23.8 Å². The number of rotatable bonds is 1. The van der Waals surface area contributed by atoms with Crippen molar-refractivity contribution in [2.75, 3.05) is 23.4 Å². The minimum atomic E-state index is -4.77. The highest BCUT2D eigenvalue weighted by atomic mass is 35.5. The molecule has 1 aromatic rings. The SMILES string of the molecule is Cl.N[C@H]1CN(C(=O)OCC(F)(F)F)c2cc(F)c(F)cc2NC1=O. The standard InChI is InChI=1S/C12H10F5N3O3.ClH/c13-5-1-8-9(2-6(5)14)20(3-7(18)10(21)19-8)11(22)23-4-12(15,16)17;/h1-2,7H,3-4,18H2,(H,19,21);1H/t7-;/m0./s1. The molecule has 0 aliphatic carbocycles. The Hall–Kier alpha value is -2.14. The van der Waals surface area contributed by atoms with E-state index in [1.807, 2.05) is 0 Å². The fraction of sp³-hybridized carbons (Fsp3) is 0.333. The van der Waals surface area contributed by atoms with Gasteiger partial charge in [-0.1, -0.05) is 0 Å². The molecule has 1 heterocycles. The van der Waals surface area contributed by atoms with Crippen LogP contribution in [0.25, 0.3) is 0 Å². The van der Waals surface area contributed by atoms with E-state index in [4.69, 9.17) is 5.73 Å². The van der Waals surface area contributed by atoms with E-state index in [9.17, 15) is 31.5 Å². The van der Waals surface area contributed by atoms with Crippen LogP contribution in [0.15, 0.2) is 12.1 Å². The van der Waals surface area contributed by atoms with Crippen molar-refractivity contribution < 1.29 is 36.3 Å². The van der Waals surface area contributed by atoms with Gasteiger partial charge >= 0.3 is 12.3 Å². The molecule has 134 valence electrons. The van der Waals surface area contributed by atoms with Crippen LogP contribution >= 0.6 is 12.4 Å². The number of benzene rings is 1. The van der Waals surface area contributed by atoms with E-state index >= 15 is 0 Å². The molecule has 2 amide bonds. The van der Waals surface area contributed by atoms with E-state index in [-0.39, 0.29) is 23.8 Å². The number of amides is 2. The van der Waals surface area contributed by atoms with Crippen molar-refractivity contribution in [2.45, 2.75) is 12.2 Å². The fourth-order valence-corrected chi connectivity index (χ4v) is 1.86. The van der Waals surface area contributed by atoms with Gasteiger partial charge in [-0.05, 0) is 0 Å². The lowest BCUT2D eigenvalue weighted by Gasteiger charge is -2.23. The van der Waals surface area contributed by atoms with Gasteiger partial charge in [0.25, 0.3) is 0 Å². The first-order valence-electron chi connectivity index (χ1n) is 6.15. The molecule has 0 aromatic heterocycles. The molecule has 1 aliphatic rings. The minimum absolute atomic E-state index is 0. The van der Waals surface area contributed by atoms with E-state index in [2.05, 4.69) is 10.1 Å². The number of carbonyl (C=O) groups excluding carboxylic acids is 2. The van der Waals surface area contributed by atoms with Crippen LogP contribution in [0.1, 0.15) is 0 Å². The van der Waals surface area contributed by atoms with Crippen LogP contribution in [0.2, 0.25) is 0 Å². The molecular formula is C12H11ClF5N3O3. The summed E-state index contributed by atoms with van der Waals surface area (Å²) in [6.07, 6.45) is -6.27. The first-order valence-corrected chi connectivity index (χ1v) is 6.15. The number of halogens is 6. The molecule has 0 bridgehead atoms. The summed E-state index contributed by atoms with van der Waals surface area (Å²) in [5.41, 5.74) is 4.80. The maximum atomic E-state index is 13.4. The third-order valence-corrected chi connectivity index (χ3v) is 2.88. The highest BCUT2D eigenvalue weighted by molar-refractivity contribution is 6.04. The van der Waals surface area contributed by atoms with Crippen LogP contribution in [0.3, 0.4) is 0 Å². The second-order valence-corrected chi connectivity index (χ2v) is 4.66. The molecule has 24 heavy (non-hydrogen) atoms. The Morgan fingerprint density at radius 1 is 1.33 bits per heavy atom. The van der Waals surface area contributed by atoms with Crippen molar-refractivity contribution in [1.82, 2.24) is 0 Å². The first kappa shape index (κ1) is 19.9. The van der Waals surface area contributed by atoms with Crippen molar-refractivity contribution in [2.24, 2.45) is 5.73 Å². The number of ether oxygens (including phenoxy) is 1. The molecule has 0 saturated carbocycles. The third-order valence-electron chi connectivity index (χ3n) is 2.88. The molecule has 12 heteroatoms. The summed E-state index contributed by atoms with van der Waals surface area (Å²) in [5, 5.41) is 2.16. The number of carbonyl (C=O) groups is 2. The molecule has 0 saturated heterocycles. The second kappa shape index (κ2) is 7.18.